The van der Waals surface area contributed by atoms with E-state index in [4.69, 9.17) is 4.98 Å². The molecule has 0 bridgehead atoms. The molecular weight excluding hydrogens is 332 g/mol. The largest absolute Gasteiger partial charge is 0.339 e. The van der Waals surface area contributed by atoms with Crippen molar-refractivity contribution in [2.75, 3.05) is 29.5 Å². The van der Waals surface area contributed by atoms with Crippen LogP contribution in [0.4, 0.5) is 5.95 Å². The maximum atomic E-state index is 4.85. The number of nitrogens with zero attached hydrogens (tertiary/aromatic N) is 4. The third-order valence-electron chi connectivity index (χ3n) is 3.54. The third kappa shape index (κ3) is 2.76. The SMILES string of the molecule is c1csc(-c2nc(N3CCSCC3)ncc2-c2ccsc2)n1. The van der Waals surface area contributed by atoms with Crippen LogP contribution in [0.15, 0.2) is 34.6 Å². The summed E-state index contributed by atoms with van der Waals surface area (Å²) in [7, 11) is 0. The molecule has 1 saturated heterocycles. The van der Waals surface area contributed by atoms with Crippen molar-refractivity contribution in [3.63, 3.8) is 0 Å². The number of hydrogen-bond acceptors (Lipinski definition) is 7. The van der Waals surface area contributed by atoms with Crippen molar-refractivity contribution in [3.8, 4) is 21.8 Å². The van der Waals surface area contributed by atoms with Crippen molar-refractivity contribution in [1.29, 1.82) is 0 Å². The first-order valence-corrected chi connectivity index (χ1v) is 10.0. The average Bonchev–Trinajstić information content (AvgIpc) is 3.29. The van der Waals surface area contributed by atoms with Gasteiger partial charge in [-0.15, -0.1) is 11.3 Å². The highest BCUT2D eigenvalue weighted by molar-refractivity contribution is 7.99. The molecule has 0 amide bonds. The van der Waals surface area contributed by atoms with E-state index in [-0.39, 0.29) is 0 Å². The number of thiazole rings is 1. The van der Waals surface area contributed by atoms with Crippen LogP contribution in [0, 0.1) is 0 Å². The molecule has 0 spiro atoms. The van der Waals surface area contributed by atoms with Gasteiger partial charge in [-0.1, -0.05) is 0 Å². The predicted octanol–water partition coefficient (Wildman–Crippen LogP) is 3.88. The third-order valence-corrected chi connectivity index (χ3v) is 5.94. The minimum Gasteiger partial charge on any atom is -0.339 e. The van der Waals surface area contributed by atoms with E-state index in [0.717, 1.165) is 52.4 Å². The Morgan fingerprint density at radius 3 is 2.73 bits per heavy atom. The highest BCUT2D eigenvalue weighted by atomic mass is 32.2. The molecule has 1 fully saturated rings. The summed E-state index contributed by atoms with van der Waals surface area (Å²) in [5, 5.41) is 7.16. The van der Waals surface area contributed by atoms with Crippen LogP contribution >= 0.6 is 34.4 Å². The molecule has 1 aliphatic heterocycles. The van der Waals surface area contributed by atoms with Gasteiger partial charge in [-0.2, -0.15) is 23.1 Å². The summed E-state index contributed by atoms with van der Waals surface area (Å²) in [6.45, 7) is 2.03. The lowest BCUT2D eigenvalue weighted by molar-refractivity contribution is 0.816. The van der Waals surface area contributed by atoms with Gasteiger partial charge in [-0.3, -0.25) is 0 Å². The molecule has 4 nitrogen and oxygen atoms in total. The van der Waals surface area contributed by atoms with Crippen molar-refractivity contribution < 1.29 is 0 Å². The van der Waals surface area contributed by atoms with Crippen molar-refractivity contribution in [1.82, 2.24) is 15.0 Å². The topological polar surface area (TPSA) is 41.9 Å². The van der Waals surface area contributed by atoms with E-state index < -0.39 is 0 Å². The highest BCUT2D eigenvalue weighted by Gasteiger charge is 2.18. The van der Waals surface area contributed by atoms with Crippen molar-refractivity contribution in [2.45, 2.75) is 0 Å². The monoisotopic (exact) mass is 346 g/mol. The molecule has 3 aromatic heterocycles. The number of rotatable bonds is 3. The lowest BCUT2D eigenvalue weighted by atomic mass is 10.1. The number of anilines is 1. The molecule has 4 heterocycles. The summed E-state index contributed by atoms with van der Waals surface area (Å²) in [5.41, 5.74) is 3.17. The van der Waals surface area contributed by atoms with Crippen molar-refractivity contribution in [2.24, 2.45) is 0 Å². The molecule has 112 valence electrons. The second-order valence-electron chi connectivity index (χ2n) is 4.88. The van der Waals surface area contributed by atoms with Gasteiger partial charge in [0.15, 0.2) is 0 Å². The van der Waals surface area contributed by atoms with Crippen LogP contribution in [0.1, 0.15) is 0 Å². The highest BCUT2D eigenvalue weighted by Crippen LogP contribution is 2.33. The van der Waals surface area contributed by atoms with Gasteiger partial charge in [0, 0.05) is 47.9 Å². The Labute approximate surface area is 141 Å². The van der Waals surface area contributed by atoms with Crippen LogP contribution < -0.4 is 4.90 Å². The second kappa shape index (κ2) is 6.36. The van der Waals surface area contributed by atoms with Crippen LogP contribution in [0.3, 0.4) is 0 Å². The Kier molecular flexibility index (Phi) is 4.09. The van der Waals surface area contributed by atoms with Crippen molar-refractivity contribution in [3.05, 3.63) is 34.6 Å². The molecule has 7 heteroatoms. The van der Waals surface area contributed by atoms with Crippen LogP contribution in [-0.2, 0) is 0 Å². The number of thioether (sulfide) groups is 1. The molecule has 3 aromatic rings. The summed E-state index contributed by atoms with van der Waals surface area (Å²) >= 11 is 5.30. The summed E-state index contributed by atoms with van der Waals surface area (Å²) in [4.78, 5) is 16.2. The average molecular weight is 347 g/mol. The molecule has 0 aromatic carbocycles. The number of hydrogen-bond donors (Lipinski definition) is 0. The Hall–Kier alpha value is -1.44. The van der Waals surface area contributed by atoms with Gasteiger partial charge in [0.25, 0.3) is 0 Å². The standard InChI is InChI=1S/C15H14N4S3/c1-5-21-10-11(1)12-9-17-15(19-3-7-20-8-4-19)18-13(12)14-16-2-6-22-14/h1-2,5-6,9-10H,3-4,7-8H2. The molecular formula is C15H14N4S3. The van der Waals surface area contributed by atoms with Gasteiger partial charge in [0.05, 0.1) is 0 Å². The van der Waals surface area contributed by atoms with Gasteiger partial charge in [-0.05, 0) is 22.4 Å². The molecule has 1 aliphatic rings. The minimum absolute atomic E-state index is 0.824. The van der Waals surface area contributed by atoms with Gasteiger partial charge in [0.1, 0.15) is 10.7 Å². The predicted molar refractivity (Wildman–Crippen MR) is 96.0 cm³/mol. The Balaban J connectivity index is 1.79. The van der Waals surface area contributed by atoms with Crippen molar-refractivity contribution >= 4 is 40.4 Å². The molecule has 0 unspecified atom stereocenters. The van der Waals surface area contributed by atoms with Gasteiger partial charge in [-0.25, -0.2) is 15.0 Å². The van der Waals surface area contributed by atoms with Crippen LogP contribution in [-0.4, -0.2) is 39.5 Å². The Morgan fingerprint density at radius 2 is 2.00 bits per heavy atom. The first-order chi connectivity index (χ1) is 10.9. The summed E-state index contributed by atoms with van der Waals surface area (Å²) < 4.78 is 0. The van der Waals surface area contributed by atoms with E-state index in [9.17, 15) is 0 Å². The van der Waals surface area contributed by atoms with E-state index in [0.29, 0.717) is 0 Å². The zero-order chi connectivity index (χ0) is 14.8. The zero-order valence-corrected chi connectivity index (χ0v) is 14.3. The van der Waals surface area contributed by atoms with E-state index in [1.807, 2.05) is 29.5 Å². The fraction of sp³-hybridized carbons (Fsp3) is 0.267. The molecule has 0 saturated carbocycles. The number of aromatic nitrogens is 3. The molecule has 0 atom stereocenters. The van der Waals surface area contributed by atoms with Gasteiger partial charge in [0.2, 0.25) is 5.95 Å². The van der Waals surface area contributed by atoms with Gasteiger partial charge >= 0.3 is 0 Å². The van der Waals surface area contributed by atoms with E-state index in [2.05, 4.69) is 31.7 Å². The maximum Gasteiger partial charge on any atom is 0.226 e. The van der Waals surface area contributed by atoms with Crippen LogP contribution in [0.25, 0.3) is 21.8 Å². The fourth-order valence-corrected chi connectivity index (χ4v) is 4.62. The van der Waals surface area contributed by atoms with Crippen LogP contribution in [0.2, 0.25) is 0 Å². The second-order valence-corrected chi connectivity index (χ2v) is 7.78. The summed E-state index contributed by atoms with van der Waals surface area (Å²) in [5.74, 6) is 3.11. The minimum atomic E-state index is 0.824. The van der Waals surface area contributed by atoms with E-state index >= 15 is 0 Å². The molecule has 0 aliphatic carbocycles. The fourth-order valence-electron chi connectivity index (χ4n) is 2.42. The summed E-state index contributed by atoms with van der Waals surface area (Å²) in [6.07, 6.45) is 3.78. The van der Waals surface area contributed by atoms with E-state index in [1.54, 1.807) is 22.7 Å². The molecule has 0 N–H and O–H groups in total. The molecule has 0 radical (unpaired) electrons. The normalized spacial score (nSPS) is 15.2. The lowest BCUT2D eigenvalue weighted by Crippen LogP contribution is -2.33. The van der Waals surface area contributed by atoms with E-state index in [1.165, 1.54) is 0 Å². The smallest absolute Gasteiger partial charge is 0.226 e. The quantitative estimate of drug-likeness (QED) is 0.720. The Bertz CT molecular complexity index is 734. The first-order valence-electron chi connectivity index (χ1n) is 7.04. The molecule has 4 rings (SSSR count). The molecule has 22 heavy (non-hydrogen) atoms. The van der Waals surface area contributed by atoms with Crippen LogP contribution in [0.5, 0.6) is 0 Å². The summed E-state index contributed by atoms with van der Waals surface area (Å²) in [6, 6.07) is 2.11. The zero-order valence-electron chi connectivity index (χ0n) is 11.8. The number of thiophene rings is 1. The van der Waals surface area contributed by atoms with Gasteiger partial charge < -0.3 is 4.90 Å². The Morgan fingerprint density at radius 1 is 1.09 bits per heavy atom. The maximum absolute atomic E-state index is 4.85. The first kappa shape index (κ1) is 14.2. The lowest BCUT2D eigenvalue weighted by Gasteiger charge is -2.26.